The quantitative estimate of drug-likeness (QED) is 0.717. The molecule has 3 nitrogen and oxygen atoms in total. The predicted molar refractivity (Wildman–Crippen MR) is 71.8 cm³/mol. The number of ether oxygens (including phenoxy) is 1. The summed E-state index contributed by atoms with van der Waals surface area (Å²) in [5, 5.41) is 9.10. The minimum absolute atomic E-state index is 0.246. The zero-order chi connectivity index (χ0) is 13.4. The lowest BCUT2D eigenvalue weighted by Gasteiger charge is -2.14. The molecule has 0 heterocycles. The molecule has 0 bridgehead atoms. The van der Waals surface area contributed by atoms with Gasteiger partial charge in [0.25, 0.3) is 0 Å². The summed E-state index contributed by atoms with van der Waals surface area (Å²) < 4.78 is 5.55. The summed E-state index contributed by atoms with van der Waals surface area (Å²) in [6, 6.07) is 9.60. The Bertz CT molecular complexity index is 346. The summed E-state index contributed by atoms with van der Waals surface area (Å²) in [5.41, 5.74) is 0. The molecule has 1 aromatic rings. The van der Waals surface area contributed by atoms with Crippen LogP contribution >= 0.6 is 0 Å². The molecule has 1 rings (SSSR count). The molecule has 1 N–H and O–H groups in total. The summed E-state index contributed by atoms with van der Waals surface area (Å²) in [6.07, 6.45) is 2.19. The summed E-state index contributed by atoms with van der Waals surface area (Å²) in [5.74, 6) is 0.321. The van der Waals surface area contributed by atoms with Crippen LogP contribution in [0.4, 0.5) is 0 Å². The van der Waals surface area contributed by atoms with Crippen molar-refractivity contribution in [3.63, 3.8) is 0 Å². The molecule has 18 heavy (non-hydrogen) atoms. The standard InChI is InChI=1S/C15H22O3/c1-12(2)11-13(15(16)17)7-6-10-18-14-8-4-3-5-9-14/h3-5,8-9,12-13H,6-7,10-11H2,1-2H3,(H,16,17). The van der Waals surface area contributed by atoms with Crippen LogP contribution in [0.2, 0.25) is 0 Å². The third-order valence-electron chi connectivity index (χ3n) is 2.81. The van der Waals surface area contributed by atoms with Crippen molar-refractivity contribution in [3.05, 3.63) is 30.3 Å². The van der Waals surface area contributed by atoms with Gasteiger partial charge in [-0.1, -0.05) is 32.0 Å². The lowest BCUT2D eigenvalue weighted by molar-refractivity contribution is -0.142. The predicted octanol–water partition coefficient (Wildman–Crippen LogP) is 3.59. The van der Waals surface area contributed by atoms with Crippen LogP contribution < -0.4 is 4.74 Å². The Labute approximate surface area is 109 Å². The highest BCUT2D eigenvalue weighted by atomic mass is 16.5. The van der Waals surface area contributed by atoms with Crippen molar-refractivity contribution in [3.8, 4) is 5.75 Å². The van der Waals surface area contributed by atoms with Gasteiger partial charge in [-0.3, -0.25) is 4.79 Å². The van der Waals surface area contributed by atoms with E-state index < -0.39 is 5.97 Å². The zero-order valence-electron chi connectivity index (χ0n) is 11.1. The van der Waals surface area contributed by atoms with Crippen LogP contribution in [0, 0.1) is 11.8 Å². The van der Waals surface area contributed by atoms with Crippen molar-refractivity contribution in [2.24, 2.45) is 11.8 Å². The Balaban J connectivity index is 2.25. The molecule has 3 heteroatoms. The summed E-state index contributed by atoms with van der Waals surface area (Å²) in [7, 11) is 0. The van der Waals surface area contributed by atoms with E-state index in [2.05, 4.69) is 13.8 Å². The van der Waals surface area contributed by atoms with Crippen LogP contribution in [0.15, 0.2) is 30.3 Å². The number of carbonyl (C=O) groups is 1. The topological polar surface area (TPSA) is 46.5 Å². The molecule has 0 aliphatic rings. The van der Waals surface area contributed by atoms with E-state index in [1.54, 1.807) is 0 Å². The first-order valence-corrected chi connectivity index (χ1v) is 6.50. The van der Waals surface area contributed by atoms with Gasteiger partial charge in [0.15, 0.2) is 0 Å². The van der Waals surface area contributed by atoms with Crippen LogP contribution in [0.3, 0.4) is 0 Å². The van der Waals surface area contributed by atoms with Gasteiger partial charge in [-0.25, -0.2) is 0 Å². The van der Waals surface area contributed by atoms with E-state index in [1.807, 2.05) is 30.3 Å². The molecule has 0 amide bonds. The highest BCUT2D eigenvalue weighted by Crippen LogP contribution is 2.18. The number of benzene rings is 1. The SMILES string of the molecule is CC(C)CC(CCCOc1ccccc1)C(=O)O. The lowest BCUT2D eigenvalue weighted by atomic mass is 9.93. The highest BCUT2D eigenvalue weighted by molar-refractivity contribution is 5.69. The molecule has 0 saturated heterocycles. The van der Waals surface area contributed by atoms with Crippen LogP contribution in [0.25, 0.3) is 0 Å². The fourth-order valence-electron chi connectivity index (χ4n) is 1.95. The first-order valence-electron chi connectivity index (χ1n) is 6.50. The van der Waals surface area contributed by atoms with E-state index in [1.165, 1.54) is 0 Å². The van der Waals surface area contributed by atoms with Gasteiger partial charge in [-0.05, 0) is 37.3 Å². The third-order valence-corrected chi connectivity index (χ3v) is 2.81. The maximum absolute atomic E-state index is 11.1. The first kappa shape index (κ1) is 14.6. The fraction of sp³-hybridized carbons (Fsp3) is 0.533. The van der Waals surface area contributed by atoms with E-state index in [0.29, 0.717) is 18.9 Å². The number of aliphatic carboxylic acids is 1. The molecular formula is C15H22O3. The van der Waals surface area contributed by atoms with Crippen LogP contribution in [-0.2, 0) is 4.79 Å². The van der Waals surface area contributed by atoms with Gasteiger partial charge in [0.05, 0.1) is 12.5 Å². The summed E-state index contributed by atoms with van der Waals surface area (Å²) in [4.78, 5) is 11.1. The minimum atomic E-state index is -0.691. The van der Waals surface area contributed by atoms with Crippen LogP contribution in [0.1, 0.15) is 33.1 Å². The van der Waals surface area contributed by atoms with Gasteiger partial charge in [-0.15, -0.1) is 0 Å². The van der Waals surface area contributed by atoms with E-state index in [9.17, 15) is 4.79 Å². The third kappa shape index (κ3) is 5.71. The smallest absolute Gasteiger partial charge is 0.306 e. The second kappa shape index (κ2) is 7.75. The van der Waals surface area contributed by atoms with Gasteiger partial charge >= 0.3 is 5.97 Å². The van der Waals surface area contributed by atoms with E-state index in [4.69, 9.17) is 9.84 Å². The molecule has 1 unspecified atom stereocenters. The van der Waals surface area contributed by atoms with E-state index in [-0.39, 0.29) is 5.92 Å². The fourth-order valence-corrected chi connectivity index (χ4v) is 1.95. The maximum atomic E-state index is 11.1. The molecule has 0 radical (unpaired) electrons. The maximum Gasteiger partial charge on any atom is 0.306 e. The Kier molecular flexibility index (Phi) is 6.26. The summed E-state index contributed by atoms with van der Waals surface area (Å²) in [6.45, 7) is 4.68. The minimum Gasteiger partial charge on any atom is -0.494 e. The molecule has 1 atom stereocenters. The number of hydrogen-bond acceptors (Lipinski definition) is 2. The number of para-hydroxylation sites is 1. The lowest BCUT2D eigenvalue weighted by Crippen LogP contribution is -2.17. The average molecular weight is 250 g/mol. The largest absolute Gasteiger partial charge is 0.494 e. The molecule has 0 spiro atoms. The molecule has 1 aromatic carbocycles. The van der Waals surface area contributed by atoms with Crippen LogP contribution in [0.5, 0.6) is 5.75 Å². The summed E-state index contributed by atoms with van der Waals surface area (Å²) >= 11 is 0. The van der Waals surface area contributed by atoms with Crippen molar-refractivity contribution in [2.45, 2.75) is 33.1 Å². The number of hydrogen-bond donors (Lipinski definition) is 1. The molecule has 0 fully saturated rings. The Morgan fingerprint density at radius 1 is 1.28 bits per heavy atom. The number of rotatable bonds is 8. The van der Waals surface area contributed by atoms with Crippen molar-refractivity contribution >= 4 is 5.97 Å². The Hall–Kier alpha value is -1.51. The molecule has 0 aliphatic carbocycles. The second-order valence-electron chi connectivity index (χ2n) is 4.97. The van der Waals surface area contributed by atoms with E-state index in [0.717, 1.165) is 18.6 Å². The first-order chi connectivity index (χ1) is 8.59. The highest BCUT2D eigenvalue weighted by Gasteiger charge is 2.18. The van der Waals surface area contributed by atoms with Crippen molar-refractivity contribution in [2.75, 3.05) is 6.61 Å². The zero-order valence-corrected chi connectivity index (χ0v) is 11.1. The van der Waals surface area contributed by atoms with Gasteiger partial charge in [-0.2, -0.15) is 0 Å². The molecule has 0 aromatic heterocycles. The molecule has 0 saturated carbocycles. The van der Waals surface area contributed by atoms with Gasteiger partial charge in [0.1, 0.15) is 5.75 Å². The monoisotopic (exact) mass is 250 g/mol. The van der Waals surface area contributed by atoms with Gasteiger partial charge in [0, 0.05) is 0 Å². The van der Waals surface area contributed by atoms with E-state index >= 15 is 0 Å². The van der Waals surface area contributed by atoms with Gasteiger partial charge in [0.2, 0.25) is 0 Å². The van der Waals surface area contributed by atoms with Crippen molar-refractivity contribution < 1.29 is 14.6 Å². The van der Waals surface area contributed by atoms with Gasteiger partial charge < -0.3 is 9.84 Å². The molecule has 0 aliphatic heterocycles. The van der Waals surface area contributed by atoms with Crippen molar-refractivity contribution in [1.82, 2.24) is 0 Å². The second-order valence-corrected chi connectivity index (χ2v) is 4.97. The van der Waals surface area contributed by atoms with Crippen molar-refractivity contribution in [1.29, 1.82) is 0 Å². The van der Waals surface area contributed by atoms with Crippen LogP contribution in [-0.4, -0.2) is 17.7 Å². The Morgan fingerprint density at radius 3 is 2.50 bits per heavy atom. The molecule has 100 valence electrons. The molecular weight excluding hydrogens is 228 g/mol. The average Bonchev–Trinajstić information content (AvgIpc) is 2.33. The number of carboxylic acid groups (broad SMARTS) is 1. The normalized spacial score (nSPS) is 12.4. The number of carboxylic acids is 1. The Morgan fingerprint density at radius 2 is 1.94 bits per heavy atom.